The highest BCUT2D eigenvalue weighted by Gasteiger charge is 2.21. The Kier molecular flexibility index (Phi) is 7.20. The van der Waals surface area contributed by atoms with Crippen LogP contribution >= 0.6 is 11.6 Å². The number of benzene rings is 2. The number of hydrogen-bond acceptors (Lipinski definition) is 4. The molecule has 0 unspecified atom stereocenters. The van der Waals surface area contributed by atoms with Crippen LogP contribution < -0.4 is 4.74 Å². The molecule has 0 atom stereocenters. The number of rotatable bonds is 4. The van der Waals surface area contributed by atoms with E-state index in [1.54, 1.807) is 61.4 Å². The molecule has 0 saturated carbocycles. The number of fused-ring (bicyclic) bond motifs is 1. The molecule has 3 aromatic rings. The third-order valence-electron chi connectivity index (χ3n) is 5.47. The maximum absolute atomic E-state index is 13.0. The Bertz CT molecular complexity index is 1170. The second-order valence-corrected chi connectivity index (χ2v) is 8.02. The molecule has 2 heterocycles. The van der Waals surface area contributed by atoms with Crippen LogP contribution in [0.1, 0.15) is 34.5 Å². The number of methoxy groups -OCH3 is 1. The summed E-state index contributed by atoms with van der Waals surface area (Å²) in [6.07, 6.45) is 1.64. The van der Waals surface area contributed by atoms with Crippen LogP contribution in [0.2, 0.25) is 5.02 Å². The number of carboxylic acids is 1. The van der Waals surface area contributed by atoms with Crippen molar-refractivity contribution in [1.82, 2.24) is 9.47 Å². The van der Waals surface area contributed by atoms with Gasteiger partial charge in [0.2, 0.25) is 5.91 Å². The highest BCUT2D eigenvalue weighted by molar-refractivity contribution is 6.30. The van der Waals surface area contributed by atoms with Crippen LogP contribution in [0.5, 0.6) is 5.75 Å². The first-order chi connectivity index (χ1) is 15.2. The summed E-state index contributed by atoms with van der Waals surface area (Å²) >= 11 is 5.89. The Labute approximate surface area is 191 Å². The predicted molar refractivity (Wildman–Crippen MR) is 123 cm³/mol. The van der Waals surface area contributed by atoms with Crippen LogP contribution in [-0.4, -0.2) is 53.1 Å². The van der Waals surface area contributed by atoms with Gasteiger partial charge in [0.25, 0.3) is 5.91 Å². The van der Waals surface area contributed by atoms with E-state index in [4.69, 9.17) is 16.3 Å². The number of aliphatic carboxylic acids is 1. The molecule has 8 heteroatoms. The summed E-state index contributed by atoms with van der Waals surface area (Å²) in [6.45, 7) is 2.71. The molecule has 1 amide bonds. The minimum Gasteiger partial charge on any atom is -0.497 e. The van der Waals surface area contributed by atoms with Gasteiger partial charge in [-0.15, -0.1) is 0 Å². The summed E-state index contributed by atoms with van der Waals surface area (Å²) in [5.41, 5.74) is 2.32. The van der Waals surface area contributed by atoms with Crippen LogP contribution in [0.25, 0.3) is 10.9 Å². The van der Waals surface area contributed by atoms with Crippen LogP contribution in [0.15, 0.2) is 42.5 Å². The number of likely N-dealkylation sites (tertiary alicyclic amines) is 1. The van der Waals surface area contributed by atoms with Gasteiger partial charge < -0.3 is 14.7 Å². The van der Waals surface area contributed by atoms with Crippen molar-refractivity contribution >= 4 is 40.3 Å². The summed E-state index contributed by atoms with van der Waals surface area (Å²) in [6, 6.07) is 11.9. The molecular weight excluding hydrogens is 432 g/mol. The summed E-state index contributed by atoms with van der Waals surface area (Å²) < 4.78 is 6.77. The summed E-state index contributed by atoms with van der Waals surface area (Å²) in [7, 11) is 3.39. The first kappa shape index (κ1) is 23.3. The zero-order valence-corrected chi connectivity index (χ0v) is 19.0. The Morgan fingerprint density at radius 1 is 1.16 bits per heavy atom. The van der Waals surface area contributed by atoms with Crippen LogP contribution in [0.4, 0.5) is 0 Å². The molecule has 1 saturated heterocycles. The molecule has 0 aliphatic carbocycles. The molecule has 1 aliphatic heterocycles. The van der Waals surface area contributed by atoms with Crippen molar-refractivity contribution in [2.24, 2.45) is 0 Å². The smallest absolute Gasteiger partial charge is 0.307 e. The van der Waals surface area contributed by atoms with E-state index in [1.165, 1.54) is 4.57 Å². The van der Waals surface area contributed by atoms with E-state index in [-0.39, 0.29) is 12.3 Å². The zero-order valence-electron chi connectivity index (χ0n) is 18.2. The number of hydrogen-bond donors (Lipinski definition) is 1. The summed E-state index contributed by atoms with van der Waals surface area (Å²) in [4.78, 5) is 36.5. The summed E-state index contributed by atoms with van der Waals surface area (Å²) in [5.74, 6) is -0.292. The number of ether oxygens (including phenoxy) is 1. The lowest BCUT2D eigenvalue weighted by molar-refractivity contribution is -0.136. The molecule has 7 nitrogen and oxygen atoms in total. The number of carbonyl (C=O) groups is 3. The van der Waals surface area contributed by atoms with Crippen LogP contribution in [0.3, 0.4) is 0 Å². The van der Waals surface area contributed by atoms with Gasteiger partial charge >= 0.3 is 5.97 Å². The minimum atomic E-state index is -0.955. The van der Waals surface area contributed by atoms with Crippen molar-refractivity contribution in [3.8, 4) is 5.75 Å². The van der Waals surface area contributed by atoms with Gasteiger partial charge in [0, 0.05) is 41.7 Å². The number of carboxylic acid groups (broad SMARTS) is 1. The average molecular weight is 457 g/mol. The van der Waals surface area contributed by atoms with E-state index in [9.17, 15) is 19.5 Å². The van der Waals surface area contributed by atoms with Gasteiger partial charge in [0.05, 0.1) is 19.0 Å². The molecule has 1 aromatic heterocycles. The highest BCUT2D eigenvalue weighted by Crippen LogP contribution is 2.30. The number of aromatic nitrogens is 1. The molecule has 0 spiro atoms. The molecule has 0 radical (unpaired) electrons. The quantitative estimate of drug-likeness (QED) is 0.636. The molecule has 0 bridgehead atoms. The maximum Gasteiger partial charge on any atom is 0.307 e. The number of carbonyl (C=O) groups excluding carboxylic acids is 2. The van der Waals surface area contributed by atoms with Crippen molar-refractivity contribution in [2.75, 3.05) is 20.7 Å². The first-order valence-corrected chi connectivity index (χ1v) is 10.5. The van der Waals surface area contributed by atoms with Gasteiger partial charge in [-0.2, -0.15) is 0 Å². The molecular formula is C24H25ClN2O5. The molecule has 168 valence electrons. The number of nitrogens with zero attached hydrogens (tertiary/aromatic N) is 2. The fourth-order valence-electron chi connectivity index (χ4n) is 3.73. The Balaban J connectivity index is 0.000000352. The molecule has 4 rings (SSSR count). The monoisotopic (exact) mass is 456 g/mol. The van der Waals surface area contributed by atoms with Gasteiger partial charge in [-0.3, -0.25) is 19.0 Å². The number of halogens is 1. The molecule has 2 aromatic carbocycles. The fourth-order valence-corrected chi connectivity index (χ4v) is 3.86. The van der Waals surface area contributed by atoms with Crippen molar-refractivity contribution in [3.05, 3.63) is 64.3 Å². The van der Waals surface area contributed by atoms with Gasteiger partial charge in [0.15, 0.2) is 0 Å². The van der Waals surface area contributed by atoms with E-state index in [0.717, 1.165) is 19.4 Å². The zero-order chi connectivity index (χ0) is 23.4. The predicted octanol–water partition coefficient (Wildman–Crippen LogP) is 4.17. The lowest BCUT2D eigenvalue weighted by Crippen LogP contribution is -2.17. The van der Waals surface area contributed by atoms with Crippen molar-refractivity contribution in [3.63, 3.8) is 0 Å². The normalized spacial score (nSPS) is 13.1. The topological polar surface area (TPSA) is 88.8 Å². The summed E-state index contributed by atoms with van der Waals surface area (Å²) in [5, 5.41) is 10.5. The van der Waals surface area contributed by atoms with E-state index in [0.29, 0.717) is 44.4 Å². The molecule has 1 N–H and O–H groups in total. The van der Waals surface area contributed by atoms with Crippen molar-refractivity contribution in [1.29, 1.82) is 0 Å². The Morgan fingerprint density at radius 3 is 2.34 bits per heavy atom. The lowest BCUT2D eigenvalue weighted by Gasteiger charge is -2.08. The second kappa shape index (κ2) is 9.87. The van der Waals surface area contributed by atoms with E-state index in [2.05, 4.69) is 0 Å². The SMILES string of the molecule is CN1CCCC1=O.COc1ccc2c(c1)c(CC(=O)O)c(C)n2C(=O)c1ccc(Cl)cc1. The minimum absolute atomic E-state index is 0.170. The second-order valence-electron chi connectivity index (χ2n) is 7.58. The Hall–Kier alpha value is -3.32. The van der Waals surface area contributed by atoms with Crippen molar-refractivity contribution < 1.29 is 24.2 Å². The van der Waals surface area contributed by atoms with Gasteiger partial charge in [0.1, 0.15) is 5.75 Å². The highest BCUT2D eigenvalue weighted by atomic mass is 35.5. The van der Waals surface area contributed by atoms with Crippen LogP contribution in [0, 0.1) is 6.92 Å². The first-order valence-electron chi connectivity index (χ1n) is 10.2. The largest absolute Gasteiger partial charge is 0.497 e. The molecule has 1 fully saturated rings. The molecule has 32 heavy (non-hydrogen) atoms. The van der Waals surface area contributed by atoms with E-state index >= 15 is 0 Å². The lowest BCUT2D eigenvalue weighted by atomic mass is 10.1. The van der Waals surface area contributed by atoms with Gasteiger partial charge in [-0.1, -0.05) is 11.6 Å². The molecule has 1 aliphatic rings. The van der Waals surface area contributed by atoms with Gasteiger partial charge in [-0.05, 0) is 61.4 Å². The van der Waals surface area contributed by atoms with Gasteiger partial charge in [-0.25, -0.2) is 0 Å². The van der Waals surface area contributed by atoms with Crippen LogP contribution in [-0.2, 0) is 16.0 Å². The fraction of sp³-hybridized carbons (Fsp3) is 0.292. The van der Waals surface area contributed by atoms with Crippen molar-refractivity contribution in [2.45, 2.75) is 26.2 Å². The average Bonchev–Trinajstić information content (AvgIpc) is 3.27. The number of amides is 1. The third kappa shape index (κ3) is 4.94. The standard InChI is InChI=1S/C19H16ClNO4.C5H9NO/c1-11-15(10-18(22)23)16-9-14(25-2)7-8-17(16)21(11)19(24)12-3-5-13(20)6-4-12;1-6-4-2-3-5(6)7/h3-9H,10H2,1-2H3,(H,22,23);2-4H2,1H3. The Morgan fingerprint density at radius 2 is 1.84 bits per heavy atom. The van der Waals surface area contributed by atoms with E-state index < -0.39 is 5.97 Å². The maximum atomic E-state index is 13.0. The third-order valence-corrected chi connectivity index (χ3v) is 5.73. The van der Waals surface area contributed by atoms with E-state index in [1.807, 2.05) is 7.05 Å².